The van der Waals surface area contributed by atoms with Crippen LogP contribution in [0.25, 0.3) is 0 Å². The smallest absolute Gasteiger partial charge is 0.226 e. The summed E-state index contributed by atoms with van der Waals surface area (Å²) in [4.78, 5) is 59.4. The van der Waals surface area contributed by atoms with Crippen molar-refractivity contribution in [3.05, 3.63) is 35.9 Å². The first-order valence-electron chi connectivity index (χ1n) is 20.3. The van der Waals surface area contributed by atoms with Crippen molar-refractivity contribution in [3.8, 4) is 0 Å². The lowest BCUT2D eigenvalue weighted by molar-refractivity contribution is -0.149. The molecule has 0 aromatic heterocycles. The van der Waals surface area contributed by atoms with Gasteiger partial charge < -0.3 is 24.6 Å². The fraction of sp³-hybridized carbons (Fsp3) is 0.767. The molecule has 9 heteroatoms. The second kappa shape index (κ2) is 19.6. The van der Waals surface area contributed by atoms with Crippen LogP contribution in [0.1, 0.15) is 111 Å². The van der Waals surface area contributed by atoms with Gasteiger partial charge in [0.2, 0.25) is 11.8 Å². The molecule has 2 saturated heterocycles. The number of rotatable bonds is 21. The highest BCUT2D eigenvalue weighted by Gasteiger charge is 2.45. The number of nitrogens with one attached hydrogen (secondary N) is 1. The normalized spacial score (nSPS) is 25.4. The molecular weight excluding hydrogens is 654 g/mol. The summed E-state index contributed by atoms with van der Waals surface area (Å²) < 4.78 is 12.1. The molecule has 2 amide bonds. The molecule has 1 aromatic rings. The molecule has 292 valence electrons. The van der Waals surface area contributed by atoms with E-state index in [-0.39, 0.29) is 78.0 Å². The molecule has 2 bridgehead atoms. The van der Waals surface area contributed by atoms with Gasteiger partial charge in [-0.2, -0.15) is 0 Å². The van der Waals surface area contributed by atoms with E-state index in [0.717, 1.165) is 51.4 Å². The lowest BCUT2D eigenvalue weighted by Crippen LogP contribution is -2.54. The maximum absolute atomic E-state index is 14.3. The molecular formula is C43H69N3O6. The number of benzene rings is 1. The summed E-state index contributed by atoms with van der Waals surface area (Å²) in [7, 11) is 5.09. The zero-order valence-electron chi connectivity index (χ0n) is 33.6. The van der Waals surface area contributed by atoms with E-state index in [1.807, 2.05) is 50.9 Å². The first-order valence-corrected chi connectivity index (χ1v) is 20.3. The summed E-state index contributed by atoms with van der Waals surface area (Å²) in [6, 6.07) is 10.1. The number of ketones is 2. The summed E-state index contributed by atoms with van der Waals surface area (Å²) in [5.41, 5.74) is 1.24. The van der Waals surface area contributed by atoms with Crippen molar-refractivity contribution in [2.24, 2.45) is 35.5 Å². The number of hydrogen-bond acceptors (Lipinski definition) is 7. The van der Waals surface area contributed by atoms with Crippen LogP contribution >= 0.6 is 0 Å². The summed E-state index contributed by atoms with van der Waals surface area (Å²) in [5.74, 6) is 0.107. The summed E-state index contributed by atoms with van der Waals surface area (Å²) >= 11 is 0. The van der Waals surface area contributed by atoms with Gasteiger partial charge >= 0.3 is 0 Å². The number of likely N-dealkylation sites (tertiary alicyclic amines) is 1. The molecule has 1 saturated carbocycles. The van der Waals surface area contributed by atoms with Crippen molar-refractivity contribution in [2.45, 2.75) is 149 Å². The van der Waals surface area contributed by atoms with Crippen molar-refractivity contribution in [1.82, 2.24) is 15.1 Å². The molecule has 0 unspecified atom stereocenters. The highest BCUT2D eigenvalue weighted by Crippen LogP contribution is 2.37. The van der Waals surface area contributed by atoms with Crippen LogP contribution in [0.15, 0.2) is 30.3 Å². The third-order valence-electron chi connectivity index (χ3n) is 13.0. The van der Waals surface area contributed by atoms with E-state index in [9.17, 15) is 19.2 Å². The Kier molecular flexibility index (Phi) is 15.9. The Morgan fingerprint density at radius 1 is 0.923 bits per heavy atom. The van der Waals surface area contributed by atoms with Gasteiger partial charge in [0, 0.05) is 58.5 Å². The Balaban J connectivity index is 1.43. The first kappa shape index (κ1) is 42.1. The number of nitrogens with zero attached hydrogens (tertiary/aromatic N) is 2. The third kappa shape index (κ3) is 10.1. The largest absolute Gasteiger partial charge is 0.379 e. The van der Waals surface area contributed by atoms with E-state index >= 15 is 0 Å². The van der Waals surface area contributed by atoms with Gasteiger partial charge in [-0.25, -0.2) is 0 Å². The second-order valence-corrected chi connectivity index (χ2v) is 16.7. The van der Waals surface area contributed by atoms with Crippen LogP contribution in [0.4, 0.5) is 0 Å². The lowest BCUT2D eigenvalue weighted by Gasteiger charge is -2.41. The van der Waals surface area contributed by atoms with Crippen molar-refractivity contribution < 1.29 is 28.7 Å². The minimum absolute atomic E-state index is 0.00956. The van der Waals surface area contributed by atoms with Gasteiger partial charge in [-0.3, -0.25) is 19.2 Å². The number of fused-ring (bicyclic) bond motifs is 2. The van der Waals surface area contributed by atoms with Crippen LogP contribution in [0.5, 0.6) is 0 Å². The Morgan fingerprint density at radius 3 is 2.19 bits per heavy atom. The number of carbonyl (C=O) groups is 4. The lowest BCUT2D eigenvalue weighted by atomic mass is 9.83. The molecule has 1 N–H and O–H groups in total. The van der Waals surface area contributed by atoms with E-state index in [0.29, 0.717) is 24.9 Å². The standard InChI is InChI=1S/C43H69N3O6/c1-10-28(5)41(45(7)43(50)34(27(3)4)25-37(48)40-32-19-20-33(24-32)44-40)38(51-8)26-39(49)46-21-15-18-35(46)42(52-9)29(6)36(47)23-30(11-2)22-31-16-13-12-14-17-31/h12-14,16-17,27-30,32-35,38,40-42,44H,10-11,15,18-26H2,1-9H3/t28-,29-,30+,32-,33+,34-,35-,38+,40-,41-,42+/m0/s1. The zero-order chi connectivity index (χ0) is 38.1. The monoisotopic (exact) mass is 724 g/mol. The van der Waals surface area contributed by atoms with Gasteiger partial charge in [0.25, 0.3) is 0 Å². The fourth-order valence-electron chi connectivity index (χ4n) is 9.55. The topological polar surface area (TPSA) is 105 Å². The number of Topliss-reactive ketones (excluding diaryl/α,β-unsaturated/α-hetero) is 2. The zero-order valence-corrected chi connectivity index (χ0v) is 33.6. The highest BCUT2D eigenvalue weighted by molar-refractivity contribution is 5.90. The van der Waals surface area contributed by atoms with E-state index < -0.39 is 18.1 Å². The van der Waals surface area contributed by atoms with Crippen LogP contribution in [0.3, 0.4) is 0 Å². The Morgan fingerprint density at radius 2 is 1.63 bits per heavy atom. The molecule has 2 heterocycles. The predicted octanol–water partition coefficient (Wildman–Crippen LogP) is 6.51. The molecule has 3 aliphatic rings. The van der Waals surface area contributed by atoms with Gasteiger partial charge in [-0.15, -0.1) is 0 Å². The maximum atomic E-state index is 14.3. The molecule has 4 rings (SSSR count). The Bertz CT molecular complexity index is 1320. The van der Waals surface area contributed by atoms with Gasteiger partial charge in [0.05, 0.1) is 36.8 Å². The average Bonchev–Trinajstić information content (AvgIpc) is 3.92. The number of methoxy groups -OCH3 is 2. The molecule has 0 spiro atoms. The van der Waals surface area contributed by atoms with Gasteiger partial charge in [0.15, 0.2) is 5.78 Å². The van der Waals surface area contributed by atoms with Crippen molar-refractivity contribution in [3.63, 3.8) is 0 Å². The van der Waals surface area contributed by atoms with Crippen molar-refractivity contribution >= 4 is 23.4 Å². The van der Waals surface area contributed by atoms with Crippen molar-refractivity contribution in [2.75, 3.05) is 27.8 Å². The van der Waals surface area contributed by atoms with E-state index in [1.54, 1.807) is 19.1 Å². The molecule has 52 heavy (non-hydrogen) atoms. The van der Waals surface area contributed by atoms with Gasteiger partial charge in [0.1, 0.15) is 5.78 Å². The summed E-state index contributed by atoms with van der Waals surface area (Å²) in [6.07, 6.45) is 7.36. The van der Waals surface area contributed by atoms with Gasteiger partial charge in [-0.05, 0) is 67.8 Å². The molecule has 2 aliphatic heterocycles. The molecule has 9 nitrogen and oxygen atoms in total. The number of ether oxygens (including phenoxy) is 2. The van der Waals surface area contributed by atoms with Crippen LogP contribution in [-0.2, 0) is 35.1 Å². The maximum Gasteiger partial charge on any atom is 0.226 e. The number of carbonyl (C=O) groups excluding carboxylic acids is 4. The minimum Gasteiger partial charge on any atom is -0.379 e. The number of hydrogen-bond donors (Lipinski definition) is 1. The SMILES string of the molecule is CC[C@@H](CC(=O)[C@H](C)[C@@H](OC)[C@@H]1CCCN1C(=O)C[C@@H](OC)[C@H]([C@@H](C)CC)N(C)C(=O)[C@@H](CC(=O)[C@H]1N[C@@H]2CC[C@H]1C2)C(C)C)Cc1ccccc1. The van der Waals surface area contributed by atoms with E-state index in [1.165, 1.54) is 5.56 Å². The minimum atomic E-state index is -0.531. The fourth-order valence-corrected chi connectivity index (χ4v) is 9.55. The summed E-state index contributed by atoms with van der Waals surface area (Å²) in [5, 5.41) is 3.51. The van der Waals surface area contributed by atoms with Crippen LogP contribution in [0, 0.1) is 35.5 Å². The van der Waals surface area contributed by atoms with Gasteiger partial charge in [-0.1, -0.05) is 84.7 Å². The predicted molar refractivity (Wildman–Crippen MR) is 206 cm³/mol. The van der Waals surface area contributed by atoms with Crippen LogP contribution < -0.4 is 5.32 Å². The highest BCUT2D eigenvalue weighted by atomic mass is 16.5. The second-order valence-electron chi connectivity index (χ2n) is 16.7. The van der Waals surface area contributed by atoms with Crippen molar-refractivity contribution in [1.29, 1.82) is 0 Å². The van der Waals surface area contributed by atoms with Crippen LogP contribution in [-0.4, -0.2) is 97.4 Å². The van der Waals surface area contributed by atoms with E-state index in [4.69, 9.17) is 9.47 Å². The number of amides is 2. The molecule has 0 radical (unpaired) electrons. The average molecular weight is 724 g/mol. The first-order chi connectivity index (χ1) is 24.8. The van der Waals surface area contributed by atoms with E-state index in [2.05, 4.69) is 38.2 Å². The molecule has 1 aliphatic carbocycles. The Labute approximate surface area is 314 Å². The summed E-state index contributed by atoms with van der Waals surface area (Å²) in [6.45, 7) is 12.9. The Hall–Kier alpha value is -2.62. The van der Waals surface area contributed by atoms with Crippen LogP contribution in [0.2, 0.25) is 0 Å². The number of likely N-dealkylation sites (N-methyl/N-ethyl adjacent to an activating group) is 1. The third-order valence-corrected chi connectivity index (χ3v) is 13.0. The molecule has 1 aromatic carbocycles. The molecule has 3 fully saturated rings. The number of piperidine rings is 1. The quantitative estimate of drug-likeness (QED) is 0.154. The molecule has 11 atom stereocenters.